The molecule has 1 saturated heterocycles. The summed E-state index contributed by atoms with van der Waals surface area (Å²) in [5, 5.41) is 4.38. The number of ether oxygens (including phenoxy) is 1. The highest BCUT2D eigenvalue weighted by Crippen LogP contribution is 2.29. The quantitative estimate of drug-likeness (QED) is 0.253. The Morgan fingerprint density at radius 2 is 1.84 bits per heavy atom. The van der Waals surface area contributed by atoms with E-state index in [1.807, 2.05) is 0 Å². The zero-order valence-corrected chi connectivity index (χ0v) is 24.2. The molecular formula is C26H29F2N9O5S. The van der Waals surface area contributed by atoms with E-state index < -0.39 is 21.5 Å². The van der Waals surface area contributed by atoms with Crippen molar-refractivity contribution in [1.82, 2.24) is 33.6 Å². The zero-order chi connectivity index (χ0) is 30.5. The Morgan fingerprint density at radius 1 is 1.07 bits per heavy atom. The number of aryl methyl sites for hydroxylation is 1. The zero-order valence-electron chi connectivity index (χ0n) is 23.4. The van der Waals surface area contributed by atoms with Gasteiger partial charge in [0.1, 0.15) is 17.9 Å². The van der Waals surface area contributed by atoms with Gasteiger partial charge < -0.3 is 19.8 Å². The molecular weight excluding hydrogens is 588 g/mol. The molecule has 4 aromatic heterocycles. The Morgan fingerprint density at radius 3 is 2.53 bits per heavy atom. The van der Waals surface area contributed by atoms with Gasteiger partial charge in [-0.25, -0.2) is 27.0 Å². The third-order valence-electron chi connectivity index (χ3n) is 7.38. The summed E-state index contributed by atoms with van der Waals surface area (Å²) in [6.45, 7) is 2.58. The maximum Gasteiger partial charge on any atom is 0.330 e. The van der Waals surface area contributed by atoms with E-state index in [0.29, 0.717) is 67.7 Å². The number of hydrogen-bond acceptors (Lipinski definition) is 11. The van der Waals surface area contributed by atoms with Crippen LogP contribution in [0, 0.1) is 11.6 Å². The van der Waals surface area contributed by atoms with Crippen molar-refractivity contribution < 1.29 is 26.4 Å². The molecule has 1 aliphatic heterocycles. The van der Waals surface area contributed by atoms with Gasteiger partial charge in [0.25, 0.3) is 0 Å². The number of rotatable bonds is 9. The molecule has 0 amide bonds. The lowest BCUT2D eigenvalue weighted by atomic mass is 10.2. The van der Waals surface area contributed by atoms with E-state index in [1.165, 1.54) is 21.4 Å². The summed E-state index contributed by atoms with van der Waals surface area (Å²) in [6, 6.07) is 5.44. The van der Waals surface area contributed by atoms with Gasteiger partial charge in [-0.3, -0.25) is 14.0 Å². The molecule has 0 unspecified atom stereocenters. The van der Waals surface area contributed by atoms with Crippen LogP contribution in [0.25, 0.3) is 28.4 Å². The highest BCUT2D eigenvalue weighted by molar-refractivity contribution is 7.90. The minimum atomic E-state index is -3.29. The van der Waals surface area contributed by atoms with Gasteiger partial charge in [-0.2, -0.15) is 9.50 Å². The van der Waals surface area contributed by atoms with E-state index in [2.05, 4.69) is 20.0 Å². The van der Waals surface area contributed by atoms with E-state index in [0.717, 1.165) is 12.3 Å². The number of sulfone groups is 1. The van der Waals surface area contributed by atoms with Crippen LogP contribution in [-0.4, -0.2) is 93.4 Å². The lowest BCUT2D eigenvalue weighted by Gasteiger charge is -2.36. The molecule has 43 heavy (non-hydrogen) atoms. The SMILES string of the molecule is Cn1c(=O)n(CCN2CCN(c3cc(OCCS(C)(=O)=O)c(F)cc3F)CC2)c2nc(N)n3nc(-c4ccco4)nc3c21. The molecule has 0 atom stereocenters. The minimum Gasteiger partial charge on any atom is -0.489 e. The van der Waals surface area contributed by atoms with Crippen LogP contribution in [0.3, 0.4) is 0 Å². The van der Waals surface area contributed by atoms with Crippen LogP contribution in [0.5, 0.6) is 5.75 Å². The number of imidazole rings is 1. The molecule has 228 valence electrons. The third-order valence-corrected chi connectivity index (χ3v) is 8.29. The number of anilines is 2. The fraction of sp³-hybridized carbons (Fsp3) is 0.385. The number of nitrogens with two attached hydrogens (primary N) is 1. The Balaban J connectivity index is 1.16. The maximum absolute atomic E-state index is 14.7. The van der Waals surface area contributed by atoms with Crippen LogP contribution in [-0.2, 0) is 23.4 Å². The molecule has 1 fully saturated rings. The first-order valence-corrected chi connectivity index (χ1v) is 15.5. The van der Waals surface area contributed by atoms with E-state index in [9.17, 15) is 22.0 Å². The number of nitrogen functional groups attached to an aromatic ring is 1. The number of piperazine rings is 1. The summed E-state index contributed by atoms with van der Waals surface area (Å²) < 4.78 is 66.7. The molecule has 6 rings (SSSR count). The second-order valence-corrected chi connectivity index (χ2v) is 12.6. The van der Waals surface area contributed by atoms with Gasteiger partial charge >= 0.3 is 5.69 Å². The molecule has 0 radical (unpaired) electrons. The standard InChI is InChI=1S/C26H29F2N9O5S/c1-33-21-23(31-25(29)37-24(21)30-22(32-37)19-4-3-11-41-19)36(26(33)38)10-7-34-5-8-35(9-6-34)18-15-20(17(28)14-16(18)27)42-12-13-43(2,39)40/h3-4,11,14-15H,5-10,12-13H2,1-2H3,(H2,29,31). The summed E-state index contributed by atoms with van der Waals surface area (Å²) in [4.78, 5) is 26.2. The van der Waals surface area contributed by atoms with E-state index in [4.69, 9.17) is 14.9 Å². The number of hydrogen-bond donors (Lipinski definition) is 1. The second kappa shape index (κ2) is 11.0. The van der Waals surface area contributed by atoms with Gasteiger partial charge in [0.05, 0.1) is 17.7 Å². The average Bonchev–Trinajstić information content (AvgIpc) is 3.69. The van der Waals surface area contributed by atoms with Crippen LogP contribution in [0.4, 0.5) is 20.4 Å². The summed E-state index contributed by atoms with van der Waals surface area (Å²) >= 11 is 0. The summed E-state index contributed by atoms with van der Waals surface area (Å²) in [5.74, 6) is -1.28. The Bertz CT molecular complexity index is 1980. The van der Waals surface area contributed by atoms with Crippen molar-refractivity contribution in [3.63, 3.8) is 0 Å². The van der Waals surface area contributed by atoms with Gasteiger partial charge in [-0.05, 0) is 12.1 Å². The van der Waals surface area contributed by atoms with Crippen molar-refractivity contribution in [3.05, 3.63) is 52.6 Å². The number of furan rings is 1. The number of halogens is 2. The van der Waals surface area contributed by atoms with Crippen molar-refractivity contribution in [3.8, 4) is 17.3 Å². The molecule has 5 heterocycles. The lowest BCUT2D eigenvalue weighted by molar-refractivity contribution is 0.247. The van der Waals surface area contributed by atoms with Crippen molar-refractivity contribution in [2.45, 2.75) is 6.54 Å². The molecule has 0 saturated carbocycles. The third kappa shape index (κ3) is 5.52. The van der Waals surface area contributed by atoms with Crippen molar-refractivity contribution in [1.29, 1.82) is 0 Å². The number of nitrogens with zero attached hydrogens (tertiary/aromatic N) is 8. The minimum absolute atomic E-state index is 0.0711. The predicted octanol–water partition coefficient (Wildman–Crippen LogP) is 1.14. The van der Waals surface area contributed by atoms with Gasteiger partial charge in [0, 0.05) is 64.7 Å². The van der Waals surface area contributed by atoms with Gasteiger partial charge in [0.2, 0.25) is 11.8 Å². The summed E-state index contributed by atoms with van der Waals surface area (Å²) in [7, 11) is -1.66. The molecule has 1 aromatic carbocycles. The summed E-state index contributed by atoms with van der Waals surface area (Å²) in [6.07, 6.45) is 2.57. The number of benzene rings is 1. The molecule has 2 N–H and O–H groups in total. The monoisotopic (exact) mass is 617 g/mol. The first kappa shape index (κ1) is 28.6. The predicted molar refractivity (Wildman–Crippen MR) is 154 cm³/mol. The van der Waals surface area contributed by atoms with Crippen LogP contribution < -0.4 is 21.1 Å². The van der Waals surface area contributed by atoms with E-state index in [-0.39, 0.29) is 35.4 Å². The van der Waals surface area contributed by atoms with E-state index >= 15 is 0 Å². The Kier molecular flexibility index (Phi) is 7.29. The number of fused-ring (bicyclic) bond motifs is 3. The lowest BCUT2D eigenvalue weighted by Crippen LogP contribution is -2.47. The smallest absolute Gasteiger partial charge is 0.330 e. The first-order valence-electron chi connectivity index (χ1n) is 13.4. The highest BCUT2D eigenvalue weighted by Gasteiger charge is 2.24. The van der Waals surface area contributed by atoms with Gasteiger partial charge in [-0.15, -0.1) is 5.10 Å². The first-order chi connectivity index (χ1) is 20.5. The highest BCUT2D eigenvalue weighted by atomic mass is 32.2. The molecule has 0 bridgehead atoms. The van der Waals surface area contributed by atoms with Crippen LogP contribution in [0.1, 0.15) is 0 Å². The molecule has 14 nitrogen and oxygen atoms in total. The second-order valence-electron chi connectivity index (χ2n) is 10.3. The fourth-order valence-electron chi connectivity index (χ4n) is 5.13. The summed E-state index contributed by atoms with van der Waals surface area (Å²) in [5.41, 5.74) is 7.32. The molecule has 5 aromatic rings. The Labute approximate surface area is 243 Å². The van der Waals surface area contributed by atoms with Crippen molar-refractivity contribution in [2.24, 2.45) is 7.05 Å². The van der Waals surface area contributed by atoms with Gasteiger partial charge in [-0.1, -0.05) is 0 Å². The van der Waals surface area contributed by atoms with Crippen LogP contribution >= 0.6 is 0 Å². The number of aromatic nitrogens is 6. The fourth-order valence-corrected chi connectivity index (χ4v) is 5.52. The van der Waals surface area contributed by atoms with Gasteiger partial charge in [0.15, 0.2) is 38.5 Å². The topological polar surface area (TPSA) is 159 Å². The van der Waals surface area contributed by atoms with Crippen LogP contribution in [0.2, 0.25) is 0 Å². The van der Waals surface area contributed by atoms with Crippen LogP contribution in [0.15, 0.2) is 39.7 Å². The average molecular weight is 618 g/mol. The Hall–Kier alpha value is -4.51. The van der Waals surface area contributed by atoms with Crippen molar-refractivity contribution in [2.75, 3.05) is 62.0 Å². The molecule has 17 heteroatoms. The molecule has 1 aliphatic rings. The molecule has 0 spiro atoms. The maximum atomic E-state index is 14.7. The van der Waals surface area contributed by atoms with E-state index in [1.54, 1.807) is 28.6 Å². The van der Waals surface area contributed by atoms with Crippen molar-refractivity contribution >= 4 is 38.3 Å². The largest absolute Gasteiger partial charge is 0.489 e. The normalized spacial score (nSPS) is 14.7. The molecule has 0 aliphatic carbocycles.